The average Bonchev–Trinajstić information content (AvgIpc) is 2.74. The highest BCUT2D eigenvalue weighted by Gasteiger charge is 2.19. The van der Waals surface area contributed by atoms with Crippen LogP contribution in [0.4, 0.5) is 0 Å². The molecule has 0 aliphatic heterocycles. The summed E-state index contributed by atoms with van der Waals surface area (Å²) in [4.78, 5) is 46.7. The maximum Gasteiger partial charge on any atom is 0.332 e. The summed E-state index contributed by atoms with van der Waals surface area (Å²) in [5.74, 6) is 0.717. The Labute approximate surface area is 186 Å². The third kappa shape index (κ3) is 5.64. The van der Waals surface area contributed by atoms with Crippen molar-refractivity contribution < 1.29 is 4.79 Å². The highest BCUT2D eigenvalue weighted by molar-refractivity contribution is 8.00. The van der Waals surface area contributed by atoms with E-state index in [1.54, 1.807) is 6.92 Å². The number of fused-ring (bicyclic) bond motifs is 1. The van der Waals surface area contributed by atoms with E-state index in [-0.39, 0.29) is 17.6 Å². The lowest BCUT2D eigenvalue weighted by atomic mass is 9.97. The fourth-order valence-electron chi connectivity index (χ4n) is 3.75. The van der Waals surface area contributed by atoms with Gasteiger partial charge in [0.2, 0.25) is 5.91 Å². The van der Waals surface area contributed by atoms with Crippen LogP contribution in [0, 0.1) is 12.8 Å². The molecule has 0 saturated carbocycles. The molecule has 0 saturated heterocycles. The first kappa shape index (κ1) is 23.2. The second kappa shape index (κ2) is 10.3. The number of aryl methyl sites for hydroxylation is 1. The summed E-state index contributed by atoms with van der Waals surface area (Å²) in [6.07, 6.45) is 7.91. The first-order chi connectivity index (χ1) is 14.8. The van der Waals surface area contributed by atoms with Gasteiger partial charge in [-0.2, -0.15) is 0 Å². The van der Waals surface area contributed by atoms with Gasteiger partial charge in [-0.25, -0.2) is 14.8 Å². The number of carbonyl (C=O) groups excluding carboxylic acids is 1. The van der Waals surface area contributed by atoms with Crippen molar-refractivity contribution >= 4 is 28.7 Å². The summed E-state index contributed by atoms with van der Waals surface area (Å²) in [6, 6.07) is 0. The zero-order valence-corrected chi connectivity index (χ0v) is 19.5. The van der Waals surface area contributed by atoms with Crippen LogP contribution >= 0.6 is 11.8 Å². The van der Waals surface area contributed by atoms with Crippen molar-refractivity contribution in [1.82, 2.24) is 24.4 Å². The van der Waals surface area contributed by atoms with Crippen molar-refractivity contribution in [3.63, 3.8) is 0 Å². The van der Waals surface area contributed by atoms with Crippen molar-refractivity contribution in [3.8, 4) is 0 Å². The molecule has 31 heavy (non-hydrogen) atoms. The number of amides is 1. The summed E-state index contributed by atoms with van der Waals surface area (Å²) in [6.45, 7) is 6.79. The molecule has 0 radical (unpaired) electrons. The molecule has 0 aromatic carbocycles. The largest absolute Gasteiger partial charge is 0.355 e. The first-order valence-electron chi connectivity index (χ1n) is 10.8. The van der Waals surface area contributed by atoms with E-state index in [0.717, 1.165) is 23.8 Å². The number of thioether (sulfide) groups is 1. The van der Waals surface area contributed by atoms with Crippen LogP contribution in [0.25, 0.3) is 11.0 Å². The second-order valence-electron chi connectivity index (χ2n) is 8.42. The summed E-state index contributed by atoms with van der Waals surface area (Å²) in [5.41, 5.74) is 0.923. The predicted octanol–water partition coefficient (Wildman–Crippen LogP) is 2.55. The summed E-state index contributed by atoms with van der Waals surface area (Å²) >= 11 is 1.21. The molecule has 2 aromatic rings. The molecule has 1 N–H and O–H groups in total. The molecule has 2 aromatic heterocycles. The Balaban J connectivity index is 1.79. The highest BCUT2D eigenvalue weighted by Crippen LogP contribution is 2.23. The average molecular weight is 446 g/mol. The topological polar surface area (TPSA) is 98.9 Å². The molecule has 1 amide bonds. The molecule has 0 fully saturated rings. The van der Waals surface area contributed by atoms with E-state index in [0.29, 0.717) is 35.0 Å². The van der Waals surface area contributed by atoms with Crippen molar-refractivity contribution in [1.29, 1.82) is 0 Å². The van der Waals surface area contributed by atoms with Gasteiger partial charge < -0.3 is 5.32 Å². The van der Waals surface area contributed by atoms with Gasteiger partial charge in [-0.05, 0) is 44.9 Å². The molecule has 1 aliphatic carbocycles. The van der Waals surface area contributed by atoms with Gasteiger partial charge in [0.25, 0.3) is 5.56 Å². The molecule has 0 atom stereocenters. The Kier molecular flexibility index (Phi) is 7.69. The number of aromatic nitrogens is 4. The van der Waals surface area contributed by atoms with E-state index in [9.17, 15) is 14.4 Å². The van der Waals surface area contributed by atoms with Crippen LogP contribution < -0.4 is 16.6 Å². The van der Waals surface area contributed by atoms with Crippen molar-refractivity contribution in [2.24, 2.45) is 13.0 Å². The maximum absolute atomic E-state index is 12.9. The minimum absolute atomic E-state index is 0.0989. The Morgan fingerprint density at radius 1 is 1.26 bits per heavy atom. The number of nitrogens with zero attached hydrogens (tertiary/aromatic N) is 4. The van der Waals surface area contributed by atoms with E-state index >= 15 is 0 Å². The number of allylic oxidation sites excluding steroid dienone is 1. The SMILES string of the molecule is Cc1nc(SCC(=O)NCCC2=CCCCC2)c2c(=O)n(C)c(=O)n(CC(C)C)c2n1. The van der Waals surface area contributed by atoms with E-state index in [2.05, 4.69) is 21.4 Å². The normalized spacial score (nSPS) is 14.2. The Hall–Kier alpha value is -2.42. The molecular formula is C22H31N5O3S. The molecule has 1 aliphatic rings. The van der Waals surface area contributed by atoms with Gasteiger partial charge in [0, 0.05) is 20.1 Å². The molecule has 0 unspecified atom stereocenters. The highest BCUT2D eigenvalue weighted by atomic mass is 32.2. The molecular weight excluding hydrogens is 414 g/mol. The van der Waals surface area contributed by atoms with Crippen LogP contribution in [0.15, 0.2) is 26.3 Å². The van der Waals surface area contributed by atoms with Gasteiger partial charge in [-0.15, -0.1) is 0 Å². The van der Waals surface area contributed by atoms with Crippen LogP contribution in [0.2, 0.25) is 0 Å². The minimum Gasteiger partial charge on any atom is -0.355 e. The fourth-order valence-corrected chi connectivity index (χ4v) is 4.64. The second-order valence-corrected chi connectivity index (χ2v) is 9.39. The number of rotatable bonds is 8. The maximum atomic E-state index is 12.9. The van der Waals surface area contributed by atoms with Crippen LogP contribution in [0.3, 0.4) is 0 Å². The molecule has 9 heteroatoms. The summed E-state index contributed by atoms with van der Waals surface area (Å²) in [7, 11) is 1.46. The molecule has 168 valence electrons. The van der Waals surface area contributed by atoms with Crippen LogP contribution in [0.5, 0.6) is 0 Å². The number of nitrogens with one attached hydrogen (secondary N) is 1. The van der Waals surface area contributed by atoms with Gasteiger partial charge in [-0.1, -0.05) is 37.3 Å². The molecule has 0 bridgehead atoms. The van der Waals surface area contributed by atoms with Crippen LogP contribution in [-0.4, -0.2) is 37.3 Å². The number of hydrogen-bond donors (Lipinski definition) is 1. The number of hydrogen-bond acceptors (Lipinski definition) is 6. The molecule has 8 nitrogen and oxygen atoms in total. The number of carbonyl (C=O) groups is 1. The van der Waals surface area contributed by atoms with Gasteiger partial charge in [0.1, 0.15) is 16.2 Å². The van der Waals surface area contributed by atoms with Crippen LogP contribution in [-0.2, 0) is 18.4 Å². The van der Waals surface area contributed by atoms with Gasteiger partial charge in [0.05, 0.1) is 5.75 Å². The van der Waals surface area contributed by atoms with E-state index < -0.39 is 11.2 Å². The third-order valence-corrected chi connectivity index (χ3v) is 6.28. The first-order valence-corrected chi connectivity index (χ1v) is 11.8. The Morgan fingerprint density at radius 2 is 2.03 bits per heavy atom. The van der Waals surface area contributed by atoms with Gasteiger partial charge in [-0.3, -0.25) is 18.7 Å². The molecule has 0 spiro atoms. The minimum atomic E-state index is -0.438. The van der Waals surface area contributed by atoms with E-state index in [4.69, 9.17) is 0 Å². The monoisotopic (exact) mass is 445 g/mol. The smallest absolute Gasteiger partial charge is 0.332 e. The van der Waals surface area contributed by atoms with E-state index in [1.165, 1.54) is 41.8 Å². The van der Waals surface area contributed by atoms with Crippen molar-refractivity contribution in [2.75, 3.05) is 12.3 Å². The van der Waals surface area contributed by atoms with Gasteiger partial charge >= 0.3 is 5.69 Å². The lowest BCUT2D eigenvalue weighted by Crippen LogP contribution is -2.39. The zero-order valence-electron chi connectivity index (χ0n) is 18.7. The quantitative estimate of drug-likeness (QED) is 0.381. The lowest BCUT2D eigenvalue weighted by Gasteiger charge is -2.15. The summed E-state index contributed by atoms with van der Waals surface area (Å²) in [5, 5.41) is 3.68. The fraction of sp³-hybridized carbons (Fsp3) is 0.591. The van der Waals surface area contributed by atoms with Gasteiger partial charge in [0.15, 0.2) is 5.65 Å². The van der Waals surface area contributed by atoms with Crippen molar-refractivity contribution in [3.05, 3.63) is 38.3 Å². The third-order valence-electron chi connectivity index (χ3n) is 5.30. The van der Waals surface area contributed by atoms with Crippen LogP contribution in [0.1, 0.15) is 51.8 Å². The predicted molar refractivity (Wildman–Crippen MR) is 124 cm³/mol. The van der Waals surface area contributed by atoms with Crippen molar-refractivity contribution in [2.45, 2.75) is 64.4 Å². The lowest BCUT2D eigenvalue weighted by molar-refractivity contribution is -0.118. The Morgan fingerprint density at radius 3 is 2.71 bits per heavy atom. The Bertz CT molecular complexity index is 1120. The molecule has 3 rings (SSSR count). The zero-order chi connectivity index (χ0) is 22.5. The standard InChI is InChI=1S/C22H31N5O3S/c1-14(2)12-27-19-18(21(29)26(4)22(27)30)20(25-15(3)24-19)31-13-17(28)23-11-10-16-8-6-5-7-9-16/h8,14H,5-7,9-13H2,1-4H3,(H,23,28). The summed E-state index contributed by atoms with van der Waals surface area (Å²) < 4.78 is 2.61. The molecule has 2 heterocycles. The van der Waals surface area contributed by atoms with E-state index in [1.807, 2.05) is 13.8 Å².